The van der Waals surface area contributed by atoms with E-state index in [9.17, 15) is 0 Å². The Morgan fingerprint density at radius 3 is 2.38 bits per heavy atom. The van der Waals surface area contributed by atoms with Crippen LogP contribution in [0, 0.1) is 11.8 Å². The van der Waals surface area contributed by atoms with Crippen LogP contribution < -0.4 is 11.1 Å². The minimum atomic E-state index is 0.774. The van der Waals surface area contributed by atoms with Crippen LogP contribution in [0.25, 0.3) is 0 Å². The fourth-order valence-electron chi connectivity index (χ4n) is 1.31. The van der Waals surface area contributed by atoms with E-state index in [-0.39, 0.29) is 0 Å². The standard InChI is InChI=1S/C11H26N2/c1-10(2)6-8-13-9-11(3)5-4-7-12/h10-11,13H,4-9,12H2,1-3H3. The Bertz CT molecular complexity index is 102. The quantitative estimate of drug-likeness (QED) is 0.569. The normalized spacial score (nSPS) is 13.6. The first-order valence-electron chi connectivity index (χ1n) is 5.57. The number of nitrogens with one attached hydrogen (secondary N) is 1. The van der Waals surface area contributed by atoms with Crippen molar-refractivity contribution in [3.05, 3.63) is 0 Å². The average molecular weight is 186 g/mol. The van der Waals surface area contributed by atoms with Gasteiger partial charge in [0.1, 0.15) is 0 Å². The second kappa shape index (κ2) is 8.52. The molecule has 0 saturated carbocycles. The third-order valence-corrected chi connectivity index (χ3v) is 2.29. The van der Waals surface area contributed by atoms with E-state index in [1.165, 1.54) is 12.8 Å². The van der Waals surface area contributed by atoms with E-state index < -0.39 is 0 Å². The molecule has 0 aliphatic carbocycles. The van der Waals surface area contributed by atoms with Gasteiger partial charge in [-0.05, 0) is 50.7 Å². The number of nitrogens with two attached hydrogens (primary N) is 1. The Hall–Kier alpha value is -0.0800. The van der Waals surface area contributed by atoms with E-state index in [4.69, 9.17) is 5.73 Å². The molecular formula is C11H26N2. The first-order valence-corrected chi connectivity index (χ1v) is 5.57. The highest BCUT2D eigenvalue weighted by atomic mass is 14.8. The molecule has 80 valence electrons. The summed E-state index contributed by atoms with van der Waals surface area (Å²) in [6.07, 6.45) is 3.70. The second-order valence-electron chi connectivity index (χ2n) is 4.42. The van der Waals surface area contributed by atoms with Crippen molar-refractivity contribution < 1.29 is 0 Å². The highest BCUT2D eigenvalue weighted by molar-refractivity contribution is 4.58. The summed E-state index contributed by atoms with van der Waals surface area (Å²) in [6.45, 7) is 9.95. The Morgan fingerprint density at radius 2 is 1.85 bits per heavy atom. The third kappa shape index (κ3) is 9.84. The van der Waals surface area contributed by atoms with E-state index >= 15 is 0 Å². The number of hydrogen-bond donors (Lipinski definition) is 2. The van der Waals surface area contributed by atoms with Crippen molar-refractivity contribution in [2.24, 2.45) is 17.6 Å². The lowest BCUT2D eigenvalue weighted by Gasteiger charge is -2.12. The summed E-state index contributed by atoms with van der Waals surface area (Å²) < 4.78 is 0. The zero-order valence-electron chi connectivity index (χ0n) is 9.47. The molecule has 2 nitrogen and oxygen atoms in total. The van der Waals surface area contributed by atoms with Crippen LogP contribution in [-0.4, -0.2) is 19.6 Å². The zero-order valence-corrected chi connectivity index (χ0v) is 9.47. The molecule has 2 heteroatoms. The molecule has 0 bridgehead atoms. The van der Waals surface area contributed by atoms with Gasteiger partial charge in [0, 0.05) is 0 Å². The van der Waals surface area contributed by atoms with Gasteiger partial charge in [-0.2, -0.15) is 0 Å². The molecule has 0 aromatic heterocycles. The Kier molecular flexibility index (Phi) is 8.46. The van der Waals surface area contributed by atoms with Gasteiger partial charge in [0.25, 0.3) is 0 Å². The van der Waals surface area contributed by atoms with Gasteiger partial charge in [-0.15, -0.1) is 0 Å². The van der Waals surface area contributed by atoms with Crippen LogP contribution in [-0.2, 0) is 0 Å². The zero-order chi connectivity index (χ0) is 10.1. The van der Waals surface area contributed by atoms with Gasteiger partial charge in [0.05, 0.1) is 0 Å². The minimum Gasteiger partial charge on any atom is -0.330 e. The molecule has 0 aromatic carbocycles. The molecule has 1 atom stereocenters. The van der Waals surface area contributed by atoms with Gasteiger partial charge in [-0.25, -0.2) is 0 Å². The first-order chi connectivity index (χ1) is 6.16. The molecule has 0 aliphatic heterocycles. The van der Waals surface area contributed by atoms with E-state index in [1.54, 1.807) is 0 Å². The topological polar surface area (TPSA) is 38.0 Å². The molecule has 0 fully saturated rings. The third-order valence-electron chi connectivity index (χ3n) is 2.29. The lowest BCUT2D eigenvalue weighted by atomic mass is 10.1. The molecule has 0 rings (SSSR count). The van der Waals surface area contributed by atoms with Crippen LogP contribution in [0.3, 0.4) is 0 Å². The number of hydrogen-bond acceptors (Lipinski definition) is 2. The van der Waals surface area contributed by atoms with E-state index in [0.29, 0.717) is 0 Å². The Balaban J connectivity index is 3.12. The molecule has 13 heavy (non-hydrogen) atoms. The van der Waals surface area contributed by atoms with E-state index in [2.05, 4.69) is 26.1 Å². The molecule has 0 heterocycles. The molecule has 0 radical (unpaired) electrons. The lowest BCUT2D eigenvalue weighted by Crippen LogP contribution is -2.23. The smallest absolute Gasteiger partial charge is 0.00231 e. The highest BCUT2D eigenvalue weighted by Gasteiger charge is 2.00. The van der Waals surface area contributed by atoms with Gasteiger partial charge in [0.2, 0.25) is 0 Å². The van der Waals surface area contributed by atoms with Crippen molar-refractivity contribution in [2.45, 2.75) is 40.0 Å². The Labute approximate surface area is 83.3 Å². The summed E-state index contributed by atoms with van der Waals surface area (Å²) in [7, 11) is 0. The first kappa shape index (κ1) is 12.9. The summed E-state index contributed by atoms with van der Waals surface area (Å²) in [5.41, 5.74) is 5.45. The van der Waals surface area contributed by atoms with Crippen molar-refractivity contribution in [1.82, 2.24) is 5.32 Å². The summed E-state index contributed by atoms with van der Waals surface area (Å²) in [6, 6.07) is 0. The molecule has 0 aliphatic rings. The van der Waals surface area contributed by atoms with Crippen molar-refractivity contribution in [1.29, 1.82) is 0 Å². The predicted molar refractivity (Wildman–Crippen MR) is 59.8 cm³/mol. The Morgan fingerprint density at radius 1 is 1.15 bits per heavy atom. The van der Waals surface area contributed by atoms with Gasteiger partial charge in [-0.3, -0.25) is 0 Å². The number of rotatable bonds is 8. The molecule has 0 saturated heterocycles. The largest absolute Gasteiger partial charge is 0.330 e. The fourth-order valence-corrected chi connectivity index (χ4v) is 1.31. The maximum atomic E-state index is 5.45. The van der Waals surface area contributed by atoms with Gasteiger partial charge in [-0.1, -0.05) is 20.8 Å². The van der Waals surface area contributed by atoms with E-state index in [1.807, 2.05) is 0 Å². The van der Waals surface area contributed by atoms with Gasteiger partial charge in [0.15, 0.2) is 0 Å². The monoisotopic (exact) mass is 186 g/mol. The maximum absolute atomic E-state index is 5.45. The molecule has 3 N–H and O–H groups in total. The van der Waals surface area contributed by atoms with Crippen molar-refractivity contribution >= 4 is 0 Å². The summed E-state index contributed by atoms with van der Waals surface area (Å²) in [5.74, 6) is 1.59. The summed E-state index contributed by atoms with van der Waals surface area (Å²) in [5, 5.41) is 3.48. The van der Waals surface area contributed by atoms with E-state index in [0.717, 1.165) is 37.9 Å². The minimum absolute atomic E-state index is 0.774. The van der Waals surface area contributed by atoms with Crippen LogP contribution in [0.4, 0.5) is 0 Å². The molecule has 0 amide bonds. The van der Waals surface area contributed by atoms with Crippen molar-refractivity contribution in [3.63, 3.8) is 0 Å². The molecule has 1 unspecified atom stereocenters. The molecular weight excluding hydrogens is 160 g/mol. The average Bonchev–Trinajstić information content (AvgIpc) is 2.08. The van der Waals surface area contributed by atoms with Crippen LogP contribution in [0.1, 0.15) is 40.0 Å². The second-order valence-corrected chi connectivity index (χ2v) is 4.42. The molecule has 0 aromatic rings. The van der Waals surface area contributed by atoms with Crippen LogP contribution in [0.15, 0.2) is 0 Å². The summed E-state index contributed by atoms with van der Waals surface area (Å²) >= 11 is 0. The van der Waals surface area contributed by atoms with Crippen molar-refractivity contribution in [2.75, 3.05) is 19.6 Å². The van der Waals surface area contributed by atoms with Crippen LogP contribution in [0.5, 0.6) is 0 Å². The predicted octanol–water partition coefficient (Wildman–Crippen LogP) is 2.00. The lowest BCUT2D eigenvalue weighted by molar-refractivity contribution is 0.450. The maximum Gasteiger partial charge on any atom is -0.00231 e. The SMILES string of the molecule is CC(C)CCNCC(C)CCCN. The van der Waals surface area contributed by atoms with Crippen LogP contribution >= 0.6 is 0 Å². The molecule has 0 spiro atoms. The highest BCUT2D eigenvalue weighted by Crippen LogP contribution is 2.03. The summed E-state index contributed by atoms with van der Waals surface area (Å²) in [4.78, 5) is 0. The fraction of sp³-hybridized carbons (Fsp3) is 1.00. The van der Waals surface area contributed by atoms with Gasteiger partial charge >= 0.3 is 0 Å². The van der Waals surface area contributed by atoms with Crippen molar-refractivity contribution in [3.8, 4) is 0 Å². The van der Waals surface area contributed by atoms with Gasteiger partial charge < -0.3 is 11.1 Å². The van der Waals surface area contributed by atoms with Crippen LogP contribution in [0.2, 0.25) is 0 Å².